The summed E-state index contributed by atoms with van der Waals surface area (Å²) in [6.45, 7) is 11.7. The summed E-state index contributed by atoms with van der Waals surface area (Å²) < 4.78 is 6.24. The molecule has 1 heterocycles. The van der Waals surface area contributed by atoms with Gasteiger partial charge in [0, 0.05) is 18.4 Å². The molecule has 1 aromatic carbocycles. The third-order valence-electron chi connectivity index (χ3n) is 11.2. The first-order chi connectivity index (χ1) is 20.4. The molecule has 3 aliphatic rings. The van der Waals surface area contributed by atoms with Crippen LogP contribution in [0.4, 0.5) is 17.1 Å². The van der Waals surface area contributed by atoms with E-state index in [4.69, 9.17) is 4.74 Å². The van der Waals surface area contributed by atoms with Crippen LogP contribution in [0.3, 0.4) is 0 Å². The Bertz CT molecular complexity index is 1200. The van der Waals surface area contributed by atoms with Gasteiger partial charge in [-0.05, 0) is 106 Å². The van der Waals surface area contributed by atoms with E-state index >= 15 is 0 Å². The zero-order valence-corrected chi connectivity index (χ0v) is 26.7. The lowest BCUT2D eigenvalue weighted by Crippen LogP contribution is -2.51. The lowest BCUT2D eigenvalue weighted by atomic mass is 9.53. The molecule has 2 aliphatic carbocycles. The minimum Gasteiger partial charge on any atom is -0.459 e. The lowest BCUT2D eigenvalue weighted by molar-refractivity contribution is -0.393. The van der Waals surface area contributed by atoms with Gasteiger partial charge in [0.2, 0.25) is 0 Å². The number of fused-ring (bicyclic) bond motifs is 1. The topological polar surface area (TPSA) is 125 Å². The number of nitrogens with one attached hydrogen (secondary N) is 1. The molecule has 1 saturated heterocycles. The molecule has 1 N–H and O–H groups in total. The number of rotatable bonds is 12. The van der Waals surface area contributed by atoms with E-state index in [9.17, 15) is 25.0 Å². The van der Waals surface area contributed by atoms with E-state index in [2.05, 4.69) is 46.0 Å². The molecular formula is C34H51N3O6. The zero-order valence-electron chi connectivity index (χ0n) is 26.7. The first-order valence-electron chi connectivity index (χ1n) is 16.4. The lowest BCUT2D eigenvalue weighted by Gasteiger charge is -2.54. The van der Waals surface area contributed by atoms with E-state index in [1.165, 1.54) is 44.2 Å². The van der Waals surface area contributed by atoms with Crippen molar-refractivity contribution in [1.82, 2.24) is 0 Å². The number of cyclic esters (lactones) is 1. The molecule has 3 fully saturated rings. The Morgan fingerprint density at radius 1 is 1.02 bits per heavy atom. The van der Waals surface area contributed by atoms with Gasteiger partial charge in [0.05, 0.1) is 15.9 Å². The Labute approximate surface area is 256 Å². The third-order valence-corrected chi connectivity index (χ3v) is 11.2. The van der Waals surface area contributed by atoms with Gasteiger partial charge in [0.1, 0.15) is 11.3 Å². The van der Waals surface area contributed by atoms with Crippen LogP contribution in [0.25, 0.3) is 0 Å². The van der Waals surface area contributed by atoms with Crippen LogP contribution >= 0.6 is 0 Å². The van der Waals surface area contributed by atoms with Crippen molar-refractivity contribution >= 4 is 23.0 Å². The molecule has 0 spiro atoms. The largest absolute Gasteiger partial charge is 0.459 e. The molecule has 0 radical (unpaired) electrons. The summed E-state index contributed by atoms with van der Waals surface area (Å²) in [6, 6.07) is 3.64. The smallest absolute Gasteiger partial charge is 0.306 e. The molecular weight excluding hydrogens is 546 g/mol. The standard InChI is InChI=1S/C34H51N3O6/c1-23(2)10-8-11-24(3)27-15-16-28-26(12-9-21-35-30-17-14-25(36(39)40)22-31(30)37(41)42)29(18-20-33(27,28)4)34(5)19-7-6-13-32(38)43-34/h9,14,17,21-24,26-29,35H,6-8,10-13,15-16,18-20H2,1-5H3/b21-9+/t24-,26+,27-,28?,29?,33-,34-/m1/s1. The maximum Gasteiger partial charge on any atom is 0.306 e. The molecule has 2 unspecified atom stereocenters. The second-order valence-electron chi connectivity index (χ2n) is 14.4. The van der Waals surface area contributed by atoms with Crippen molar-refractivity contribution in [3.8, 4) is 0 Å². The van der Waals surface area contributed by atoms with Crippen molar-refractivity contribution in [2.45, 2.75) is 117 Å². The molecule has 43 heavy (non-hydrogen) atoms. The summed E-state index contributed by atoms with van der Waals surface area (Å²) >= 11 is 0. The number of hydrogen-bond donors (Lipinski definition) is 1. The SMILES string of the molecule is CC(C)CCC[C@@H](C)[C@H]1CCC2[C@H](C/C=C/Nc3ccc([N+](=O)[O-])cc3[N+](=O)[O-])C([C@@]3(C)CCCCC(=O)O3)CC[C@@]21C. The van der Waals surface area contributed by atoms with Crippen LogP contribution in [0, 0.1) is 61.2 Å². The summed E-state index contributed by atoms with van der Waals surface area (Å²) in [7, 11) is 0. The number of carbonyl (C=O) groups is 1. The van der Waals surface area contributed by atoms with E-state index in [0.29, 0.717) is 30.1 Å². The van der Waals surface area contributed by atoms with Crippen LogP contribution in [0.2, 0.25) is 0 Å². The number of nitro groups is 2. The molecule has 0 amide bonds. The van der Waals surface area contributed by atoms with Crippen molar-refractivity contribution in [1.29, 1.82) is 0 Å². The summed E-state index contributed by atoms with van der Waals surface area (Å²) in [5, 5.41) is 25.8. The van der Waals surface area contributed by atoms with Crippen LogP contribution in [0.1, 0.15) is 112 Å². The van der Waals surface area contributed by atoms with Crippen LogP contribution < -0.4 is 5.32 Å². The van der Waals surface area contributed by atoms with Crippen molar-refractivity contribution in [3.05, 3.63) is 50.7 Å². The number of benzene rings is 1. The molecule has 1 aromatic rings. The highest BCUT2D eigenvalue weighted by atomic mass is 16.6. The predicted molar refractivity (Wildman–Crippen MR) is 168 cm³/mol. The first kappa shape index (κ1) is 32.9. The fourth-order valence-corrected chi connectivity index (χ4v) is 9.05. The van der Waals surface area contributed by atoms with Gasteiger partial charge in [0.25, 0.3) is 11.4 Å². The van der Waals surface area contributed by atoms with Gasteiger partial charge in [0.15, 0.2) is 0 Å². The van der Waals surface area contributed by atoms with Gasteiger partial charge in [-0.15, -0.1) is 0 Å². The predicted octanol–water partition coefficient (Wildman–Crippen LogP) is 9.22. The number of nitro benzene ring substituents is 2. The molecule has 9 nitrogen and oxygen atoms in total. The Balaban J connectivity index is 1.56. The first-order valence-corrected chi connectivity index (χ1v) is 16.4. The Kier molecular flexibility index (Phi) is 10.5. The zero-order chi connectivity index (χ0) is 31.4. The minimum atomic E-state index is -0.631. The summed E-state index contributed by atoms with van der Waals surface area (Å²) in [6.07, 6.45) is 16.2. The number of anilines is 1. The van der Waals surface area contributed by atoms with Crippen molar-refractivity contribution in [3.63, 3.8) is 0 Å². The fraction of sp³-hybridized carbons (Fsp3) is 0.735. The van der Waals surface area contributed by atoms with Crippen LogP contribution in [0.5, 0.6) is 0 Å². The van der Waals surface area contributed by atoms with E-state index in [1.54, 1.807) is 6.20 Å². The average Bonchev–Trinajstić information content (AvgIpc) is 3.20. The second-order valence-corrected chi connectivity index (χ2v) is 14.4. The molecule has 4 rings (SSSR count). The van der Waals surface area contributed by atoms with Gasteiger partial charge >= 0.3 is 5.97 Å². The molecule has 7 atom stereocenters. The molecule has 1 aliphatic heterocycles. The second kappa shape index (κ2) is 13.8. The Morgan fingerprint density at radius 3 is 2.49 bits per heavy atom. The van der Waals surface area contributed by atoms with Gasteiger partial charge in [-0.2, -0.15) is 0 Å². The van der Waals surface area contributed by atoms with Gasteiger partial charge < -0.3 is 10.1 Å². The van der Waals surface area contributed by atoms with Crippen LogP contribution in [-0.2, 0) is 9.53 Å². The Morgan fingerprint density at radius 2 is 1.79 bits per heavy atom. The van der Waals surface area contributed by atoms with Gasteiger partial charge in [-0.25, -0.2) is 0 Å². The Hall–Kier alpha value is -2.97. The average molecular weight is 598 g/mol. The highest BCUT2D eigenvalue weighted by Gasteiger charge is 2.58. The number of nitrogens with zero attached hydrogens (tertiary/aromatic N) is 2. The fourth-order valence-electron chi connectivity index (χ4n) is 9.05. The third kappa shape index (κ3) is 7.40. The van der Waals surface area contributed by atoms with Crippen molar-refractivity contribution in [2.75, 3.05) is 5.32 Å². The molecule has 2 saturated carbocycles. The highest BCUT2D eigenvalue weighted by molar-refractivity contribution is 5.70. The number of esters is 1. The van der Waals surface area contributed by atoms with Crippen LogP contribution in [0.15, 0.2) is 30.5 Å². The highest BCUT2D eigenvalue weighted by Crippen LogP contribution is 2.63. The van der Waals surface area contributed by atoms with E-state index < -0.39 is 15.4 Å². The van der Waals surface area contributed by atoms with E-state index in [0.717, 1.165) is 50.5 Å². The number of ether oxygens (including phenoxy) is 1. The number of allylic oxidation sites excluding steroid dienone is 1. The summed E-state index contributed by atoms with van der Waals surface area (Å²) in [5.74, 6) is 3.10. The number of carbonyl (C=O) groups excluding carboxylic acids is 1. The molecule has 0 aromatic heterocycles. The van der Waals surface area contributed by atoms with E-state index in [-0.39, 0.29) is 34.4 Å². The summed E-state index contributed by atoms with van der Waals surface area (Å²) in [4.78, 5) is 34.2. The molecule has 0 bridgehead atoms. The van der Waals surface area contributed by atoms with Crippen molar-refractivity contribution in [2.24, 2.45) is 40.9 Å². The van der Waals surface area contributed by atoms with E-state index in [1.807, 2.05) is 0 Å². The van der Waals surface area contributed by atoms with Crippen molar-refractivity contribution < 1.29 is 19.4 Å². The number of non-ortho nitro benzene ring substituents is 1. The molecule has 238 valence electrons. The monoisotopic (exact) mass is 597 g/mol. The minimum absolute atomic E-state index is 0.0853. The van der Waals surface area contributed by atoms with Gasteiger partial charge in [-0.1, -0.05) is 53.0 Å². The maximum atomic E-state index is 12.7. The molecule has 9 heteroatoms. The quantitative estimate of drug-likeness (QED) is 0.145. The number of hydrogen-bond acceptors (Lipinski definition) is 7. The summed E-state index contributed by atoms with van der Waals surface area (Å²) in [5.41, 5.74) is -0.672. The van der Waals surface area contributed by atoms with Gasteiger partial charge in [-0.3, -0.25) is 25.0 Å². The van der Waals surface area contributed by atoms with Crippen LogP contribution in [-0.4, -0.2) is 21.4 Å². The maximum absolute atomic E-state index is 12.7. The normalized spacial score (nSPS) is 31.8.